The van der Waals surface area contributed by atoms with Crippen LogP contribution < -0.4 is 0 Å². The quantitative estimate of drug-likeness (QED) is 0.895. The zero-order valence-corrected chi connectivity index (χ0v) is 11.2. The first-order valence-electron chi connectivity index (χ1n) is 6.20. The lowest BCUT2D eigenvalue weighted by atomic mass is 10.1. The van der Waals surface area contributed by atoms with Gasteiger partial charge in [0.25, 0.3) is 5.91 Å². The van der Waals surface area contributed by atoms with E-state index in [0.717, 1.165) is 24.1 Å². The molecule has 0 spiro atoms. The Bertz CT molecular complexity index is 455. The second kappa shape index (κ2) is 5.52. The number of likely N-dealkylation sites (tertiary alicyclic amines) is 1. The fourth-order valence-electron chi connectivity index (χ4n) is 2.30. The van der Waals surface area contributed by atoms with Crippen molar-refractivity contribution in [3.8, 4) is 0 Å². The number of hydrogen-bond acceptors (Lipinski definition) is 3. The molecule has 1 atom stereocenters. The van der Waals surface area contributed by atoms with Crippen LogP contribution in [0.25, 0.3) is 0 Å². The summed E-state index contributed by atoms with van der Waals surface area (Å²) in [6, 6.07) is 3.01. The van der Waals surface area contributed by atoms with Gasteiger partial charge in [0.1, 0.15) is 6.04 Å². The van der Waals surface area contributed by atoms with Gasteiger partial charge in [-0.25, -0.2) is 4.79 Å². The Hall–Kier alpha value is -1.36. The molecule has 1 aromatic heterocycles. The maximum Gasteiger partial charge on any atom is 0.326 e. The van der Waals surface area contributed by atoms with E-state index in [1.165, 1.54) is 16.2 Å². The van der Waals surface area contributed by atoms with Crippen molar-refractivity contribution in [2.24, 2.45) is 0 Å². The Kier molecular flexibility index (Phi) is 4.01. The lowest BCUT2D eigenvalue weighted by Crippen LogP contribution is -2.44. The monoisotopic (exact) mass is 267 g/mol. The lowest BCUT2D eigenvalue weighted by molar-refractivity contribution is -0.142. The smallest absolute Gasteiger partial charge is 0.326 e. The van der Waals surface area contributed by atoms with Crippen LogP contribution in [0.5, 0.6) is 0 Å². The van der Waals surface area contributed by atoms with Crippen molar-refractivity contribution in [1.82, 2.24) is 4.90 Å². The molecule has 5 heteroatoms. The SMILES string of the molecule is Cc1ccc(C(=O)N2CCCCCC2C(=O)O)s1. The van der Waals surface area contributed by atoms with Gasteiger partial charge in [-0.3, -0.25) is 4.79 Å². The molecule has 98 valence electrons. The van der Waals surface area contributed by atoms with Crippen LogP contribution in [0.15, 0.2) is 12.1 Å². The van der Waals surface area contributed by atoms with Crippen molar-refractivity contribution < 1.29 is 14.7 Å². The van der Waals surface area contributed by atoms with Gasteiger partial charge < -0.3 is 10.0 Å². The largest absolute Gasteiger partial charge is 0.480 e. The van der Waals surface area contributed by atoms with Gasteiger partial charge in [-0.2, -0.15) is 0 Å². The Labute approximate surface area is 110 Å². The highest BCUT2D eigenvalue weighted by Gasteiger charge is 2.31. The first kappa shape index (κ1) is 13.1. The molecule has 0 aromatic carbocycles. The third kappa shape index (κ3) is 2.72. The number of thiophene rings is 1. The summed E-state index contributed by atoms with van der Waals surface area (Å²) in [6.07, 6.45) is 3.33. The van der Waals surface area contributed by atoms with Crippen molar-refractivity contribution in [2.45, 2.75) is 38.6 Å². The van der Waals surface area contributed by atoms with Crippen LogP contribution in [0.2, 0.25) is 0 Å². The predicted molar refractivity (Wildman–Crippen MR) is 70.0 cm³/mol. The number of amides is 1. The maximum atomic E-state index is 12.4. The van der Waals surface area contributed by atoms with Gasteiger partial charge in [0.15, 0.2) is 0 Å². The van der Waals surface area contributed by atoms with Crippen molar-refractivity contribution in [3.05, 3.63) is 21.9 Å². The highest BCUT2D eigenvalue weighted by atomic mass is 32.1. The van der Waals surface area contributed by atoms with Crippen LogP contribution in [0.4, 0.5) is 0 Å². The molecule has 18 heavy (non-hydrogen) atoms. The Morgan fingerprint density at radius 2 is 2.11 bits per heavy atom. The number of carbonyl (C=O) groups is 2. The summed E-state index contributed by atoms with van der Waals surface area (Å²) in [5.74, 6) is -1.03. The van der Waals surface area contributed by atoms with E-state index in [2.05, 4.69) is 0 Å². The predicted octanol–water partition coefficient (Wildman–Crippen LogP) is 2.53. The van der Waals surface area contributed by atoms with E-state index >= 15 is 0 Å². The number of nitrogens with zero attached hydrogens (tertiary/aromatic N) is 1. The molecular weight excluding hydrogens is 250 g/mol. The molecule has 0 bridgehead atoms. The molecule has 1 aliphatic heterocycles. The molecule has 0 saturated carbocycles. The summed E-state index contributed by atoms with van der Waals surface area (Å²) in [7, 11) is 0. The zero-order valence-electron chi connectivity index (χ0n) is 10.4. The third-order valence-corrected chi connectivity index (χ3v) is 4.24. The molecule has 0 radical (unpaired) electrons. The summed E-state index contributed by atoms with van der Waals surface area (Å²) < 4.78 is 0. The topological polar surface area (TPSA) is 57.6 Å². The molecule has 4 nitrogen and oxygen atoms in total. The molecule has 1 aliphatic rings. The van der Waals surface area contributed by atoms with Crippen molar-refractivity contribution in [3.63, 3.8) is 0 Å². The first-order valence-corrected chi connectivity index (χ1v) is 7.01. The van der Waals surface area contributed by atoms with Crippen LogP contribution >= 0.6 is 11.3 Å². The molecule has 2 rings (SSSR count). The summed E-state index contributed by atoms with van der Waals surface area (Å²) >= 11 is 1.43. The molecule has 1 aromatic rings. The second-order valence-electron chi connectivity index (χ2n) is 4.61. The standard InChI is InChI=1S/C13H17NO3S/c1-9-6-7-11(18-9)12(15)14-8-4-2-3-5-10(14)13(16)17/h6-7,10H,2-5,8H2,1H3,(H,16,17). The van der Waals surface area contributed by atoms with Gasteiger partial charge in [-0.05, 0) is 31.9 Å². The van der Waals surface area contributed by atoms with E-state index in [-0.39, 0.29) is 5.91 Å². The van der Waals surface area contributed by atoms with Gasteiger partial charge in [0.2, 0.25) is 0 Å². The molecule has 2 heterocycles. The molecule has 1 saturated heterocycles. The van der Waals surface area contributed by atoms with E-state index in [0.29, 0.717) is 17.8 Å². The summed E-state index contributed by atoms with van der Waals surface area (Å²) in [5, 5.41) is 9.24. The molecule has 1 fully saturated rings. The second-order valence-corrected chi connectivity index (χ2v) is 5.90. The van der Waals surface area contributed by atoms with Crippen LogP contribution in [-0.2, 0) is 4.79 Å². The number of aliphatic carboxylic acids is 1. The molecule has 0 aliphatic carbocycles. The lowest BCUT2D eigenvalue weighted by Gasteiger charge is -2.26. The van der Waals surface area contributed by atoms with E-state index in [4.69, 9.17) is 0 Å². The molecule has 1 amide bonds. The van der Waals surface area contributed by atoms with Gasteiger partial charge in [0.05, 0.1) is 4.88 Å². The summed E-state index contributed by atoms with van der Waals surface area (Å²) in [4.78, 5) is 26.9. The minimum atomic E-state index is -0.890. The highest BCUT2D eigenvalue weighted by Crippen LogP contribution is 2.23. The number of carboxylic acid groups (broad SMARTS) is 1. The fourth-order valence-corrected chi connectivity index (χ4v) is 3.12. The van der Waals surface area contributed by atoms with Gasteiger partial charge >= 0.3 is 5.97 Å². The van der Waals surface area contributed by atoms with Crippen molar-refractivity contribution in [2.75, 3.05) is 6.54 Å². The van der Waals surface area contributed by atoms with E-state index < -0.39 is 12.0 Å². The minimum absolute atomic E-state index is 0.137. The van der Waals surface area contributed by atoms with E-state index in [1.807, 2.05) is 13.0 Å². The average Bonchev–Trinajstić information content (AvgIpc) is 2.63. The zero-order chi connectivity index (χ0) is 13.1. The average molecular weight is 267 g/mol. The highest BCUT2D eigenvalue weighted by molar-refractivity contribution is 7.13. The number of carbonyl (C=O) groups excluding carboxylic acids is 1. The number of hydrogen-bond donors (Lipinski definition) is 1. The van der Waals surface area contributed by atoms with Crippen LogP contribution in [0, 0.1) is 6.92 Å². The fraction of sp³-hybridized carbons (Fsp3) is 0.538. The Morgan fingerprint density at radius 3 is 2.72 bits per heavy atom. The minimum Gasteiger partial charge on any atom is -0.480 e. The Balaban J connectivity index is 2.22. The van der Waals surface area contributed by atoms with Gasteiger partial charge in [-0.1, -0.05) is 12.8 Å². The van der Waals surface area contributed by atoms with Crippen molar-refractivity contribution >= 4 is 23.2 Å². The maximum absolute atomic E-state index is 12.4. The van der Waals surface area contributed by atoms with Gasteiger partial charge in [-0.15, -0.1) is 11.3 Å². The number of carboxylic acids is 1. The Morgan fingerprint density at radius 1 is 1.33 bits per heavy atom. The van der Waals surface area contributed by atoms with Crippen LogP contribution in [0.3, 0.4) is 0 Å². The van der Waals surface area contributed by atoms with E-state index in [1.54, 1.807) is 6.07 Å². The molecule has 1 N–H and O–H groups in total. The number of rotatable bonds is 2. The summed E-state index contributed by atoms with van der Waals surface area (Å²) in [6.45, 7) is 2.49. The first-order chi connectivity index (χ1) is 8.59. The van der Waals surface area contributed by atoms with Crippen molar-refractivity contribution in [1.29, 1.82) is 0 Å². The summed E-state index contributed by atoms with van der Waals surface area (Å²) in [5.41, 5.74) is 0. The van der Waals surface area contributed by atoms with Crippen LogP contribution in [0.1, 0.15) is 40.2 Å². The third-order valence-electron chi connectivity index (χ3n) is 3.25. The molecule has 1 unspecified atom stereocenters. The number of aryl methyl sites for hydroxylation is 1. The molecular formula is C13H17NO3S. The van der Waals surface area contributed by atoms with Gasteiger partial charge in [0, 0.05) is 11.4 Å². The van der Waals surface area contributed by atoms with Crippen LogP contribution in [-0.4, -0.2) is 34.5 Å². The van der Waals surface area contributed by atoms with E-state index in [9.17, 15) is 14.7 Å². The normalized spacial score (nSPS) is 20.5.